The number of para-hydroxylation sites is 1. The molecule has 1 amide bonds. The monoisotopic (exact) mass is 424 g/mol. The van der Waals surface area contributed by atoms with Crippen LogP contribution in [0.15, 0.2) is 53.0 Å². The van der Waals surface area contributed by atoms with Crippen LogP contribution in [0.5, 0.6) is 0 Å². The van der Waals surface area contributed by atoms with Crippen LogP contribution >= 0.6 is 15.9 Å². The molecule has 0 unspecified atom stereocenters. The Bertz CT molecular complexity index is 1150. The maximum absolute atomic E-state index is 12.7. The molecular formula is C19H17BrN6O. The molecule has 2 heterocycles. The van der Waals surface area contributed by atoms with E-state index in [1.807, 2.05) is 66.9 Å². The highest BCUT2D eigenvalue weighted by Gasteiger charge is 2.14. The molecule has 1 N–H and O–H groups in total. The minimum Gasteiger partial charge on any atom is -0.334 e. The van der Waals surface area contributed by atoms with Crippen molar-refractivity contribution in [2.45, 2.75) is 20.4 Å². The Kier molecular flexibility index (Phi) is 4.49. The molecule has 27 heavy (non-hydrogen) atoms. The fourth-order valence-corrected chi connectivity index (χ4v) is 3.67. The van der Waals surface area contributed by atoms with Crippen LogP contribution in [0.3, 0.4) is 0 Å². The van der Waals surface area contributed by atoms with E-state index in [0.29, 0.717) is 11.5 Å². The van der Waals surface area contributed by atoms with Gasteiger partial charge < -0.3 is 9.88 Å². The van der Waals surface area contributed by atoms with Gasteiger partial charge in [-0.05, 0) is 64.5 Å². The molecule has 0 saturated heterocycles. The molecule has 0 spiro atoms. The Morgan fingerprint density at radius 3 is 2.74 bits per heavy atom. The van der Waals surface area contributed by atoms with Crippen LogP contribution in [-0.2, 0) is 11.3 Å². The maximum Gasteiger partial charge on any atom is 0.244 e. The second-order valence-corrected chi connectivity index (χ2v) is 7.03. The lowest BCUT2D eigenvalue weighted by Gasteiger charge is -2.10. The number of fused-ring (bicyclic) bond motifs is 1. The molecule has 0 saturated carbocycles. The van der Waals surface area contributed by atoms with E-state index in [4.69, 9.17) is 0 Å². The number of anilines is 1. The van der Waals surface area contributed by atoms with E-state index in [-0.39, 0.29) is 12.5 Å². The molecule has 0 bridgehead atoms. The summed E-state index contributed by atoms with van der Waals surface area (Å²) in [5.41, 5.74) is 3.53. The van der Waals surface area contributed by atoms with Crippen LogP contribution in [0.2, 0.25) is 0 Å². The normalized spacial score (nSPS) is 11.1. The standard InChI is InChI=1S/C19H17BrN6O/c1-12-19(20)16-8-3-4-9-17(16)25(12)11-18(27)21-14-6-5-7-15(10-14)26-13(2)22-23-24-26/h3-10H,11H2,1-2H3,(H,21,27). The van der Waals surface area contributed by atoms with E-state index in [1.54, 1.807) is 4.68 Å². The summed E-state index contributed by atoms with van der Waals surface area (Å²) in [6, 6.07) is 15.5. The average molecular weight is 425 g/mol. The molecule has 8 heteroatoms. The van der Waals surface area contributed by atoms with Gasteiger partial charge in [0.25, 0.3) is 0 Å². The number of hydrogen-bond acceptors (Lipinski definition) is 4. The lowest BCUT2D eigenvalue weighted by molar-refractivity contribution is -0.116. The molecule has 4 rings (SSSR count). The van der Waals surface area contributed by atoms with Crippen molar-refractivity contribution in [2.24, 2.45) is 0 Å². The summed E-state index contributed by atoms with van der Waals surface area (Å²) in [6.07, 6.45) is 0. The van der Waals surface area contributed by atoms with Crippen molar-refractivity contribution >= 4 is 38.4 Å². The second kappa shape index (κ2) is 6.96. The maximum atomic E-state index is 12.7. The first-order valence-electron chi connectivity index (χ1n) is 8.43. The summed E-state index contributed by atoms with van der Waals surface area (Å²) in [4.78, 5) is 12.7. The first kappa shape index (κ1) is 17.4. The number of carbonyl (C=O) groups is 1. The summed E-state index contributed by atoms with van der Waals surface area (Å²) >= 11 is 3.62. The fourth-order valence-electron chi connectivity index (χ4n) is 3.12. The zero-order chi connectivity index (χ0) is 19.0. The van der Waals surface area contributed by atoms with Gasteiger partial charge >= 0.3 is 0 Å². The van der Waals surface area contributed by atoms with Crippen LogP contribution in [0, 0.1) is 13.8 Å². The largest absolute Gasteiger partial charge is 0.334 e. The molecule has 4 aromatic rings. The number of amides is 1. The number of aryl methyl sites for hydroxylation is 1. The summed E-state index contributed by atoms with van der Waals surface area (Å²) in [5.74, 6) is 0.578. The van der Waals surface area contributed by atoms with E-state index < -0.39 is 0 Å². The second-order valence-electron chi connectivity index (χ2n) is 6.24. The number of hydrogen-bond donors (Lipinski definition) is 1. The smallest absolute Gasteiger partial charge is 0.244 e. The van der Waals surface area contributed by atoms with Gasteiger partial charge in [0.05, 0.1) is 5.69 Å². The van der Waals surface area contributed by atoms with Crippen molar-refractivity contribution < 1.29 is 4.79 Å². The Morgan fingerprint density at radius 1 is 1.15 bits per heavy atom. The lowest BCUT2D eigenvalue weighted by atomic mass is 10.2. The average Bonchev–Trinajstić information content (AvgIpc) is 3.20. The van der Waals surface area contributed by atoms with E-state index in [1.165, 1.54) is 0 Å². The summed E-state index contributed by atoms with van der Waals surface area (Å²) in [6.45, 7) is 4.05. The van der Waals surface area contributed by atoms with Gasteiger partial charge in [0.1, 0.15) is 6.54 Å². The van der Waals surface area contributed by atoms with Gasteiger partial charge in [-0.2, -0.15) is 4.68 Å². The molecule has 0 radical (unpaired) electrons. The highest BCUT2D eigenvalue weighted by atomic mass is 79.9. The molecule has 0 aliphatic rings. The third-order valence-corrected chi connectivity index (χ3v) is 5.46. The van der Waals surface area contributed by atoms with Crippen molar-refractivity contribution in [1.82, 2.24) is 24.8 Å². The van der Waals surface area contributed by atoms with Crippen LogP contribution in [0.25, 0.3) is 16.6 Å². The highest BCUT2D eigenvalue weighted by Crippen LogP contribution is 2.30. The molecule has 7 nitrogen and oxygen atoms in total. The van der Waals surface area contributed by atoms with Gasteiger partial charge in [-0.25, -0.2) is 0 Å². The van der Waals surface area contributed by atoms with E-state index >= 15 is 0 Å². The van der Waals surface area contributed by atoms with Crippen molar-refractivity contribution in [3.63, 3.8) is 0 Å². The number of nitrogens with one attached hydrogen (secondary N) is 1. The Morgan fingerprint density at radius 2 is 1.96 bits per heavy atom. The third-order valence-electron chi connectivity index (χ3n) is 4.46. The highest BCUT2D eigenvalue weighted by molar-refractivity contribution is 9.10. The molecule has 0 fully saturated rings. The number of aromatic nitrogens is 5. The molecule has 136 valence electrons. The van der Waals surface area contributed by atoms with Crippen LogP contribution < -0.4 is 5.32 Å². The number of nitrogens with zero attached hydrogens (tertiary/aromatic N) is 5. The van der Waals surface area contributed by atoms with E-state index in [2.05, 4.69) is 36.8 Å². The summed E-state index contributed by atoms with van der Waals surface area (Å²) in [5, 5.41) is 15.5. The predicted molar refractivity (Wildman–Crippen MR) is 107 cm³/mol. The predicted octanol–water partition coefficient (Wildman–Crippen LogP) is 3.64. The quantitative estimate of drug-likeness (QED) is 0.542. The lowest BCUT2D eigenvalue weighted by Crippen LogP contribution is -2.19. The first-order valence-corrected chi connectivity index (χ1v) is 9.22. The van der Waals surface area contributed by atoms with Crippen LogP contribution in [0.4, 0.5) is 5.69 Å². The molecule has 0 aliphatic carbocycles. The Hall–Kier alpha value is -3.00. The number of benzene rings is 2. The summed E-state index contributed by atoms with van der Waals surface area (Å²) in [7, 11) is 0. The van der Waals surface area contributed by atoms with Crippen molar-refractivity contribution in [2.75, 3.05) is 5.32 Å². The molecule has 2 aromatic heterocycles. The third kappa shape index (κ3) is 3.23. The fraction of sp³-hybridized carbons (Fsp3) is 0.158. The van der Waals surface area contributed by atoms with Crippen LogP contribution in [-0.4, -0.2) is 30.7 Å². The van der Waals surface area contributed by atoms with Gasteiger partial charge in [-0.15, -0.1) is 5.10 Å². The zero-order valence-electron chi connectivity index (χ0n) is 14.8. The minimum atomic E-state index is -0.100. The van der Waals surface area contributed by atoms with E-state index in [0.717, 1.165) is 26.8 Å². The van der Waals surface area contributed by atoms with Crippen molar-refractivity contribution in [3.05, 3.63) is 64.5 Å². The first-order chi connectivity index (χ1) is 13.0. The van der Waals surface area contributed by atoms with Gasteiger partial charge in [-0.3, -0.25) is 4.79 Å². The minimum absolute atomic E-state index is 0.100. The van der Waals surface area contributed by atoms with Crippen LogP contribution in [0.1, 0.15) is 11.5 Å². The SMILES string of the molecule is Cc1nnnn1-c1cccc(NC(=O)Cn2c(C)c(Br)c3ccccc32)c1. The van der Waals surface area contributed by atoms with Crippen molar-refractivity contribution in [3.8, 4) is 5.69 Å². The van der Waals surface area contributed by atoms with Gasteiger partial charge in [0.15, 0.2) is 5.82 Å². The van der Waals surface area contributed by atoms with Gasteiger partial charge in [0.2, 0.25) is 5.91 Å². The number of rotatable bonds is 4. The molecule has 0 atom stereocenters. The van der Waals surface area contributed by atoms with E-state index in [9.17, 15) is 4.79 Å². The number of tetrazole rings is 1. The number of halogens is 1. The summed E-state index contributed by atoms with van der Waals surface area (Å²) < 4.78 is 4.64. The zero-order valence-corrected chi connectivity index (χ0v) is 16.4. The van der Waals surface area contributed by atoms with Gasteiger partial charge in [0, 0.05) is 26.8 Å². The molecule has 0 aliphatic heterocycles. The number of carbonyl (C=O) groups excluding carboxylic acids is 1. The Labute approximate surface area is 164 Å². The van der Waals surface area contributed by atoms with Crippen molar-refractivity contribution in [1.29, 1.82) is 0 Å². The molecular weight excluding hydrogens is 408 g/mol. The molecule has 2 aromatic carbocycles. The van der Waals surface area contributed by atoms with Gasteiger partial charge in [-0.1, -0.05) is 24.3 Å². The Balaban J connectivity index is 1.58. The topological polar surface area (TPSA) is 77.6 Å².